The fraction of sp³-hybridized carbons (Fsp3) is 0.400. The molecule has 3 rings (SSSR count). The van der Waals surface area contributed by atoms with Crippen molar-refractivity contribution in [3.05, 3.63) is 36.2 Å². The molecule has 0 saturated carbocycles. The van der Waals surface area contributed by atoms with E-state index in [1.54, 1.807) is 0 Å². The van der Waals surface area contributed by atoms with Crippen LogP contribution in [0, 0.1) is 5.92 Å². The highest BCUT2D eigenvalue weighted by Crippen LogP contribution is 2.16. The van der Waals surface area contributed by atoms with E-state index >= 15 is 0 Å². The number of primary amides is 1. The standard InChI is InChI=1S/C15H18N4O2/c16-14(20)12-7-4-8-19(9-12)10-13-17-18-15(21-13)11-5-2-1-3-6-11/h1-3,5-6,12H,4,7-10H2,(H2,16,20)/p+1/t12-/m0/s1. The number of aromatic nitrogens is 2. The van der Waals surface area contributed by atoms with Gasteiger partial charge in [0.05, 0.1) is 19.0 Å². The lowest BCUT2D eigenvalue weighted by molar-refractivity contribution is -0.922. The Morgan fingerprint density at radius 2 is 2.14 bits per heavy atom. The molecule has 2 aromatic rings. The van der Waals surface area contributed by atoms with Gasteiger partial charge < -0.3 is 15.1 Å². The average Bonchev–Trinajstić information content (AvgIpc) is 2.97. The third-order valence-electron chi connectivity index (χ3n) is 3.91. The summed E-state index contributed by atoms with van der Waals surface area (Å²) < 4.78 is 5.71. The first-order valence-electron chi connectivity index (χ1n) is 7.23. The first-order chi connectivity index (χ1) is 10.2. The predicted octanol–water partition coefficient (Wildman–Crippen LogP) is 0.0168. The molecule has 1 aromatic heterocycles. The van der Waals surface area contributed by atoms with Crippen LogP contribution in [0.1, 0.15) is 18.7 Å². The van der Waals surface area contributed by atoms with Gasteiger partial charge in [0, 0.05) is 5.56 Å². The molecule has 0 spiro atoms. The van der Waals surface area contributed by atoms with E-state index in [1.807, 2.05) is 30.3 Å². The van der Waals surface area contributed by atoms with Gasteiger partial charge in [0.1, 0.15) is 0 Å². The Morgan fingerprint density at radius 1 is 1.33 bits per heavy atom. The lowest BCUT2D eigenvalue weighted by atomic mass is 9.97. The minimum Gasteiger partial charge on any atom is -0.415 e. The maximum Gasteiger partial charge on any atom is 0.271 e. The van der Waals surface area contributed by atoms with Crippen molar-refractivity contribution in [1.29, 1.82) is 0 Å². The molecule has 0 aliphatic carbocycles. The summed E-state index contributed by atoms with van der Waals surface area (Å²) in [7, 11) is 0. The van der Waals surface area contributed by atoms with Crippen molar-refractivity contribution in [3.8, 4) is 11.5 Å². The monoisotopic (exact) mass is 287 g/mol. The summed E-state index contributed by atoms with van der Waals surface area (Å²) >= 11 is 0. The molecule has 6 heteroatoms. The molecule has 1 fully saturated rings. The summed E-state index contributed by atoms with van der Waals surface area (Å²) in [6.45, 7) is 2.40. The molecule has 1 aliphatic rings. The van der Waals surface area contributed by atoms with E-state index in [9.17, 15) is 4.79 Å². The summed E-state index contributed by atoms with van der Waals surface area (Å²) in [5.41, 5.74) is 6.32. The Bertz CT molecular complexity index is 611. The Kier molecular flexibility index (Phi) is 3.96. The number of likely N-dealkylation sites (tertiary alicyclic amines) is 1. The topological polar surface area (TPSA) is 86.5 Å². The number of carbonyl (C=O) groups excluding carboxylic acids is 1. The number of amides is 1. The number of nitrogens with zero attached hydrogens (tertiary/aromatic N) is 2. The van der Waals surface area contributed by atoms with Crippen LogP contribution in [-0.2, 0) is 11.3 Å². The highest BCUT2D eigenvalue weighted by molar-refractivity contribution is 5.76. The summed E-state index contributed by atoms with van der Waals surface area (Å²) in [6, 6.07) is 9.70. The second-order valence-electron chi connectivity index (χ2n) is 5.49. The zero-order valence-corrected chi connectivity index (χ0v) is 11.8. The molecule has 1 saturated heterocycles. The van der Waals surface area contributed by atoms with E-state index in [2.05, 4.69) is 10.2 Å². The smallest absolute Gasteiger partial charge is 0.271 e. The molecule has 3 N–H and O–H groups in total. The van der Waals surface area contributed by atoms with Gasteiger partial charge in [-0.15, -0.1) is 10.2 Å². The van der Waals surface area contributed by atoms with Crippen LogP contribution < -0.4 is 10.6 Å². The Morgan fingerprint density at radius 3 is 2.90 bits per heavy atom. The molecule has 0 radical (unpaired) electrons. The number of nitrogens with one attached hydrogen (secondary N) is 1. The molecule has 21 heavy (non-hydrogen) atoms. The van der Waals surface area contributed by atoms with Crippen LogP contribution in [-0.4, -0.2) is 29.2 Å². The first-order valence-corrected chi connectivity index (χ1v) is 7.23. The minimum atomic E-state index is -0.206. The molecule has 6 nitrogen and oxygen atoms in total. The number of piperidine rings is 1. The number of hydrogen-bond donors (Lipinski definition) is 2. The molecular formula is C15H19N4O2+. The minimum absolute atomic E-state index is 0.0368. The predicted molar refractivity (Wildman–Crippen MR) is 76.1 cm³/mol. The van der Waals surface area contributed by atoms with Gasteiger partial charge in [-0.1, -0.05) is 18.2 Å². The van der Waals surface area contributed by atoms with Crippen LogP contribution in [0.5, 0.6) is 0 Å². The second kappa shape index (κ2) is 6.05. The van der Waals surface area contributed by atoms with E-state index < -0.39 is 0 Å². The van der Waals surface area contributed by atoms with Gasteiger partial charge in [-0.05, 0) is 25.0 Å². The number of hydrogen-bond acceptors (Lipinski definition) is 4. The molecule has 1 aromatic carbocycles. The fourth-order valence-corrected chi connectivity index (χ4v) is 2.79. The van der Waals surface area contributed by atoms with E-state index in [4.69, 9.17) is 10.2 Å². The van der Waals surface area contributed by atoms with Crippen molar-refractivity contribution in [2.45, 2.75) is 19.4 Å². The highest BCUT2D eigenvalue weighted by Gasteiger charge is 2.28. The summed E-state index contributed by atoms with van der Waals surface area (Å²) in [5.74, 6) is 0.899. The second-order valence-corrected chi connectivity index (χ2v) is 5.49. The van der Waals surface area contributed by atoms with E-state index in [-0.39, 0.29) is 11.8 Å². The van der Waals surface area contributed by atoms with Crippen molar-refractivity contribution < 1.29 is 14.1 Å². The molecule has 2 heterocycles. The van der Waals surface area contributed by atoms with Crippen molar-refractivity contribution in [2.24, 2.45) is 11.7 Å². The van der Waals surface area contributed by atoms with Gasteiger partial charge in [-0.3, -0.25) is 4.79 Å². The Hall–Kier alpha value is -2.21. The zero-order valence-electron chi connectivity index (χ0n) is 11.8. The Balaban J connectivity index is 1.66. The van der Waals surface area contributed by atoms with E-state index in [0.717, 1.165) is 31.5 Å². The van der Waals surface area contributed by atoms with Crippen LogP contribution in [0.15, 0.2) is 34.7 Å². The van der Waals surface area contributed by atoms with Crippen LogP contribution in [0.4, 0.5) is 0 Å². The van der Waals surface area contributed by atoms with Gasteiger partial charge in [0.2, 0.25) is 11.8 Å². The number of quaternary nitrogens is 1. The van der Waals surface area contributed by atoms with Gasteiger partial charge in [0.25, 0.3) is 5.89 Å². The van der Waals surface area contributed by atoms with Crippen LogP contribution in [0.2, 0.25) is 0 Å². The maximum absolute atomic E-state index is 11.3. The SMILES string of the molecule is NC(=O)[C@H]1CCC[NH+](Cc2nnc(-c3ccccc3)o2)C1. The van der Waals surface area contributed by atoms with E-state index in [1.165, 1.54) is 4.90 Å². The largest absolute Gasteiger partial charge is 0.415 e. The lowest BCUT2D eigenvalue weighted by Crippen LogP contribution is -3.12. The van der Waals surface area contributed by atoms with Crippen LogP contribution in [0.25, 0.3) is 11.5 Å². The molecule has 110 valence electrons. The third kappa shape index (κ3) is 3.28. The number of benzene rings is 1. The van der Waals surface area contributed by atoms with Crippen molar-refractivity contribution in [3.63, 3.8) is 0 Å². The molecule has 2 atom stereocenters. The molecular weight excluding hydrogens is 268 g/mol. The summed E-state index contributed by atoms with van der Waals surface area (Å²) in [6.07, 6.45) is 1.89. The van der Waals surface area contributed by atoms with Crippen LogP contribution >= 0.6 is 0 Å². The average molecular weight is 287 g/mol. The maximum atomic E-state index is 11.3. The van der Waals surface area contributed by atoms with Gasteiger partial charge in [-0.25, -0.2) is 0 Å². The number of carbonyl (C=O) groups is 1. The molecule has 1 unspecified atom stereocenters. The first kappa shape index (κ1) is 13.8. The number of rotatable bonds is 4. The molecule has 1 aliphatic heterocycles. The fourth-order valence-electron chi connectivity index (χ4n) is 2.79. The lowest BCUT2D eigenvalue weighted by Gasteiger charge is -2.26. The van der Waals surface area contributed by atoms with E-state index in [0.29, 0.717) is 18.3 Å². The summed E-state index contributed by atoms with van der Waals surface area (Å²) in [5, 5.41) is 8.19. The van der Waals surface area contributed by atoms with Gasteiger partial charge in [-0.2, -0.15) is 0 Å². The van der Waals surface area contributed by atoms with Gasteiger partial charge in [0.15, 0.2) is 6.54 Å². The molecule has 1 amide bonds. The highest BCUT2D eigenvalue weighted by atomic mass is 16.4. The number of nitrogens with two attached hydrogens (primary N) is 1. The zero-order chi connectivity index (χ0) is 14.7. The quantitative estimate of drug-likeness (QED) is 0.830. The van der Waals surface area contributed by atoms with Crippen molar-refractivity contribution in [1.82, 2.24) is 10.2 Å². The Labute approximate surface area is 123 Å². The normalized spacial score (nSPS) is 22.1. The summed E-state index contributed by atoms with van der Waals surface area (Å²) in [4.78, 5) is 12.6. The van der Waals surface area contributed by atoms with Gasteiger partial charge >= 0.3 is 0 Å². The van der Waals surface area contributed by atoms with Crippen molar-refractivity contribution >= 4 is 5.91 Å². The van der Waals surface area contributed by atoms with Crippen molar-refractivity contribution in [2.75, 3.05) is 13.1 Å². The van der Waals surface area contributed by atoms with Crippen LogP contribution in [0.3, 0.4) is 0 Å². The third-order valence-corrected chi connectivity index (χ3v) is 3.91. The molecule has 0 bridgehead atoms.